The molecule has 0 spiro atoms. The Labute approximate surface area is 95.6 Å². The van der Waals surface area contributed by atoms with Gasteiger partial charge in [-0.2, -0.15) is 0 Å². The predicted molar refractivity (Wildman–Crippen MR) is 60.8 cm³/mol. The van der Waals surface area contributed by atoms with Crippen LogP contribution >= 0.6 is 0 Å². The Bertz CT molecular complexity index is 349. The minimum absolute atomic E-state index is 0.0978. The van der Waals surface area contributed by atoms with Gasteiger partial charge in [-0.1, -0.05) is 6.92 Å². The summed E-state index contributed by atoms with van der Waals surface area (Å²) in [6.07, 6.45) is 4.12. The van der Waals surface area contributed by atoms with E-state index in [-0.39, 0.29) is 18.1 Å². The van der Waals surface area contributed by atoms with Crippen LogP contribution in [-0.2, 0) is 9.53 Å². The van der Waals surface area contributed by atoms with Gasteiger partial charge in [-0.15, -0.1) is 0 Å². The van der Waals surface area contributed by atoms with Crippen LogP contribution in [0.15, 0.2) is 12.5 Å². The summed E-state index contributed by atoms with van der Waals surface area (Å²) in [6, 6.07) is -0.477. The van der Waals surface area contributed by atoms with Crippen molar-refractivity contribution in [3.63, 3.8) is 0 Å². The lowest BCUT2D eigenvalue weighted by molar-refractivity contribution is -0.146. The maximum atomic E-state index is 11.6. The van der Waals surface area contributed by atoms with Gasteiger partial charge in [-0.3, -0.25) is 0 Å². The molecule has 0 aliphatic heterocycles. The molecule has 5 nitrogen and oxygen atoms in total. The molecule has 1 aromatic rings. The largest absolute Gasteiger partial charge is 0.464 e. The summed E-state index contributed by atoms with van der Waals surface area (Å²) < 4.78 is 6.74. The fourth-order valence-corrected chi connectivity index (χ4v) is 1.51. The van der Waals surface area contributed by atoms with Crippen molar-refractivity contribution in [2.24, 2.45) is 5.73 Å². The SMILES string of the molecule is CCOC(=O)C(C)n1cncc1[C@H](N)CC. The number of nitrogens with two attached hydrogens (primary N) is 1. The van der Waals surface area contributed by atoms with Crippen LogP contribution in [0.1, 0.15) is 45.0 Å². The third kappa shape index (κ3) is 2.61. The lowest BCUT2D eigenvalue weighted by Crippen LogP contribution is -2.23. The highest BCUT2D eigenvalue weighted by Crippen LogP contribution is 2.18. The molecule has 1 rings (SSSR count). The normalized spacial score (nSPS) is 14.5. The van der Waals surface area contributed by atoms with Crippen molar-refractivity contribution in [1.29, 1.82) is 0 Å². The number of aromatic nitrogens is 2. The molecule has 0 aliphatic rings. The Morgan fingerprint density at radius 3 is 2.88 bits per heavy atom. The van der Waals surface area contributed by atoms with Crippen molar-refractivity contribution in [2.45, 2.75) is 39.3 Å². The number of carbonyl (C=O) groups excluding carboxylic acids is 1. The summed E-state index contributed by atoms with van der Waals surface area (Å²) in [5.41, 5.74) is 6.80. The van der Waals surface area contributed by atoms with Gasteiger partial charge < -0.3 is 15.0 Å². The van der Waals surface area contributed by atoms with Gasteiger partial charge in [0.05, 0.1) is 18.6 Å². The minimum atomic E-state index is -0.380. The van der Waals surface area contributed by atoms with E-state index in [4.69, 9.17) is 10.5 Å². The highest BCUT2D eigenvalue weighted by Gasteiger charge is 2.20. The van der Waals surface area contributed by atoms with Crippen molar-refractivity contribution in [3.05, 3.63) is 18.2 Å². The van der Waals surface area contributed by atoms with Gasteiger partial charge in [0.2, 0.25) is 0 Å². The van der Waals surface area contributed by atoms with Gasteiger partial charge in [0.15, 0.2) is 0 Å². The molecule has 0 amide bonds. The number of hydrogen-bond donors (Lipinski definition) is 1. The Morgan fingerprint density at radius 2 is 2.31 bits per heavy atom. The van der Waals surface area contributed by atoms with Crippen molar-refractivity contribution < 1.29 is 9.53 Å². The molecule has 2 atom stereocenters. The molecule has 16 heavy (non-hydrogen) atoms. The summed E-state index contributed by atoms with van der Waals surface area (Å²) >= 11 is 0. The summed E-state index contributed by atoms with van der Waals surface area (Å²) in [5.74, 6) is -0.259. The highest BCUT2D eigenvalue weighted by molar-refractivity contribution is 5.73. The van der Waals surface area contributed by atoms with Crippen molar-refractivity contribution in [1.82, 2.24) is 9.55 Å². The van der Waals surface area contributed by atoms with Crippen molar-refractivity contribution in [2.75, 3.05) is 6.61 Å². The van der Waals surface area contributed by atoms with Gasteiger partial charge in [-0.25, -0.2) is 9.78 Å². The lowest BCUT2D eigenvalue weighted by atomic mass is 10.1. The molecule has 1 unspecified atom stereocenters. The Kier molecular flexibility index (Phi) is 4.49. The Morgan fingerprint density at radius 1 is 1.62 bits per heavy atom. The second-order valence-corrected chi connectivity index (χ2v) is 3.67. The summed E-state index contributed by atoms with van der Waals surface area (Å²) in [7, 11) is 0. The first-order valence-electron chi connectivity index (χ1n) is 5.55. The fourth-order valence-electron chi connectivity index (χ4n) is 1.51. The van der Waals surface area contributed by atoms with E-state index in [1.54, 1.807) is 30.9 Å². The van der Waals surface area contributed by atoms with Crippen LogP contribution in [0, 0.1) is 0 Å². The molecule has 1 heterocycles. The summed E-state index contributed by atoms with van der Waals surface area (Å²) in [5, 5.41) is 0. The fraction of sp³-hybridized carbons (Fsp3) is 0.636. The van der Waals surface area contributed by atoms with Crippen LogP contribution in [0.2, 0.25) is 0 Å². The maximum absolute atomic E-state index is 11.6. The van der Waals surface area contributed by atoms with E-state index in [1.807, 2.05) is 6.92 Å². The first-order valence-corrected chi connectivity index (χ1v) is 5.55. The van der Waals surface area contributed by atoms with Gasteiger partial charge in [0.25, 0.3) is 0 Å². The average Bonchev–Trinajstić information content (AvgIpc) is 2.76. The van der Waals surface area contributed by atoms with Gasteiger partial charge in [-0.05, 0) is 20.3 Å². The molecule has 5 heteroatoms. The lowest BCUT2D eigenvalue weighted by Gasteiger charge is -2.17. The standard InChI is InChI=1S/C11H19N3O2/c1-4-9(12)10-6-13-7-14(10)8(3)11(15)16-5-2/h6-9H,4-5,12H2,1-3H3/t8?,9-/m1/s1. The molecule has 0 aliphatic carbocycles. The average molecular weight is 225 g/mol. The molecule has 0 radical (unpaired) electrons. The van der Waals surface area contributed by atoms with E-state index in [9.17, 15) is 4.79 Å². The van der Waals surface area contributed by atoms with Crippen LogP contribution in [-0.4, -0.2) is 22.1 Å². The number of hydrogen-bond acceptors (Lipinski definition) is 4. The van der Waals surface area contributed by atoms with Crippen molar-refractivity contribution >= 4 is 5.97 Å². The molecule has 0 saturated heterocycles. The zero-order valence-corrected chi connectivity index (χ0v) is 10.0. The van der Waals surface area contributed by atoms with Crippen LogP contribution in [0.5, 0.6) is 0 Å². The third-order valence-corrected chi connectivity index (χ3v) is 2.56. The number of rotatable bonds is 5. The number of esters is 1. The van der Waals surface area contributed by atoms with Crippen LogP contribution in [0.4, 0.5) is 0 Å². The zero-order valence-electron chi connectivity index (χ0n) is 10.0. The second kappa shape index (κ2) is 5.65. The summed E-state index contributed by atoms with van der Waals surface area (Å²) in [4.78, 5) is 15.6. The van der Waals surface area contributed by atoms with Crippen molar-refractivity contribution in [3.8, 4) is 0 Å². The van der Waals surface area contributed by atoms with Gasteiger partial charge in [0.1, 0.15) is 6.04 Å². The van der Waals surface area contributed by atoms with E-state index >= 15 is 0 Å². The van der Waals surface area contributed by atoms with E-state index < -0.39 is 0 Å². The number of nitrogens with zero attached hydrogens (tertiary/aromatic N) is 2. The first kappa shape index (κ1) is 12.7. The molecule has 0 aromatic carbocycles. The second-order valence-electron chi connectivity index (χ2n) is 3.67. The molecule has 2 N–H and O–H groups in total. The molecular weight excluding hydrogens is 206 g/mol. The monoisotopic (exact) mass is 225 g/mol. The Balaban J connectivity index is 2.87. The van der Waals surface area contributed by atoms with Crippen LogP contribution in [0.25, 0.3) is 0 Å². The molecule has 90 valence electrons. The number of carbonyl (C=O) groups is 1. The van der Waals surface area contributed by atoms with Crippen LogP contribution in [0.3, 0.4) is 0 Å². The van der Waals surface area contributed by atoms with E-state index in [1.165, 1.54) is 0 Å². The Hall–Kier alpha value is -1.36. The maximum Gasteiger partial charge on any atom is 0.328 e. The molecular formula is C11H19N3O2. The molecule has 0 saturated carbocycles. The van der Waals surface area contributed by atoms with Gasteiger partial charge in [0, 0.05) is 12.2 Å². The van der Waals surface area contributed by atoms with E-state index in [2.05, 4.69) is 4.98 Å². The van der Waals surface area contributed by atoms with E-state index in [0.717, 1.165) is 12.1 Å². The van der Waals surface area contributed by atoms with Gasteiger partial charge >= 0.3 is 5.97 Å². The quantitative estimate of drug-likeness (QED) is 0.769. The molecule has 1 aromatic heterocycles. The third-order valence-electron chi connectivity index (χ3n) is 2.56. The number of ether oxygens (including phenoxy) is 1. The smallest absolute Gasteiger partial charge is 0.328 e. The number of imidazole rings is 1. The minimum Gasteiger partial charge on any atom is -0.464 e. The molecule has 0 fully saturated rings. The summed E-state index contributed by atoms with van der Waals surface area (Å²) in [6.45, 7) is 5.95. The van der Waals surface area contributed by atoms with E-state index in [0.29, 0.717) is 6.61 Å². The van der Waals surface area contributed by atoms with Crippen LogP contribution < -0.4 is 5.73 Å². The molecule has 0 bridgehead atoms. The predicted octanol–water partition coefficient (Wildman–Crippen LogP) is 1.42. The zero-order chi connectivity index (χ0) is 12.1. The first-order chi connectivity index (χ1) is 7.61. The highest BCUT2D eigenvalue weighted by atomic mass is 16.5. The topological polar surface area (TPSA) is 70.1 Å².